The highest BCUT2D eigenvalue weighted by Gasteiger charge is 2.22. The van der Waals surface area contributed by atoms with Gasteiger partial charge in [0, 0.05) is 29.9 Å². The zero-order chi connectivity index (χ0) is 12.4. The van der Waals surface area contributed by atoms with Crippen molar-refractivity contribution in [1.29, 1.82) is 0 Å². The second-order valence-corrected chi connectivity index (χ2v) is 5.27. The Balaban J connectivity index is 2.19. The van der Waals surface area contributed by atoms with Crippen LogP contribution >= 0.6 is 0 Å². The van der Waals surface area contributed by atoms with Gasteiger partial charge in [0.1, 0.15) is 0 Å². The van der Waals surface area contributed by atoms with Crippen molar-refractivity contribution in [2.75, 3.05) is 20.6 Å². The minimum Gasteiger partial charge on any atom is -0.362 e. The van der Waals surface area contributed by atoms with E-state index in [1.54, 1.807) is 0 Å². The van der Waals surface area contributed by atoms with Crippen LogP contribution in [0.1, 0.15) is 46.6 Å². The lowest BCUT2D eigenvalue weighted by Crippen LogP contribution is -2.17. The van der Waals surface area contributed by atoms with Gasteiger partial charge in [0.2, 0.25) is 0 Å². The lowest BCUT2D eigenvalue weighted by Gasteiger charge is -2.13. The highest BCUT2D eigenvalue weighted by atomic mass is 16.1. The van der Waals surface area contributed by atoms with E-state index >= 15 is 0 Å². The molecule has 3 heteroatoms. The summed E-state index contributed by atoms with van der Waals surface area (Å²) in [4.78, 5) is 17.7. The number of carbonyl (C=O) groups excluding carboxylic acids is 1. The summed E-state index contributed by atoms with van der Waals surface area (Å²) in [7, 11) is 4.01. The first-order valence-corrected chi connectivity index (χ1v) is 6.48. The van der Waals surface area contributed by atoms with E-state index in [0.717, 1.165) is 30.6 Å². The van der Waals surface area contributed by atoms with Gasteiger partial charge in [-0.3, -0.25) is 4.79 Å². The standard InChI is InChI=1S/C14H22N2O/c1-10-14(13(17)8-9-16(2)3)11-6-4-5-7-12(11)15-10/h15H,4-9H2,1-3H3. The number of rotatable bonds is 4. The average Bonchev–Trinajstić information content (AvgIpc) is 2.61. The fraction of sp³-hybridized carbons (Fsp3) is 0.643. The average molecular weight is 234 g/mol. The molecular weight excluding hydrogens is 212 g/mol. The number of ketones is 1. The zero-order valence-electron chi connectivity index (χ0n) is 11.1. The minimum absolute atomic E-state index is 0.301. The van der Waals surface area contributed by atoms with Crippen LogP contribution in [0.25, 0.3) is 0 Å². The molecule has 1 N–H and O–H groups in total. The smallest absolute Gasteiger partial charge is 0.166 e. The number of carbonyl (C=O) groups is 1. The van der Waals surface area contributed by atoms with Crippen LogP contribution < -0.4 is 0 Å². The van der Waals surface area contributed by atoms with Gasteiger partial charge >= 0.3 is 0 Å². The molecule has 0 atom stereocenters. The van der Waals surface area contributed by atoms with Gasteiger partial charge in [0.15, 0.2) is 5.78 Å². The van der Waals surface area contributed by atoms with Gasteiger partial charge in [0.25, 0.3) is 0 Å². The SMILES string of the molecule is Cc1[nH]c2c(c1C(=O)CCN(C)C)CCCC2. The third-order valence-electron chi connectivity index (χ3n) is 3.55. The molecule has 0 unspecified atom stereocenters. The molecule has 1 aliphatic rings. The molecule has 1 aromatic heterocycles. The molecule has 0 saturated carbocycles. The van der Waals surface area contributed by atoms with E-state index in [2.05, 4.69) is 9.88 Å². The summed E-state index contributed by atoms with van der Waals surface area (Å²) in [6.07, 6.45) is 5.27. The van der Waals surface area contributed by atoms with Crippen LogP contribution in [-0.4, -0.2) is 36.3 Å². The van der Waals surface area contributed by atoms with E-state index in [-0.39, 0.29) is 0 Å². The number of nitrogens with zero attached hydrogens (tertiary/aromatic N) is 1. The van der Waals surface area contributed by atoms with Gasteiger partial charge in [-0.2, -0.15) is 0 Å². The highest BCUT2D eigenvalue weighted by Crippen LogP contribution is 2.27. The van der Waals surface area contributed by atoms with Crippen molar-refractivity contribution in [2.45, 2.75) is 39.0 Å². The molecule has 1 aliphatic carbocycles. The monoisotopic (exact) mass is 234 g/mol. The summed E-state index contributed by atoms with van der Waals surface area (Å²) in [6.45, 7) is 2.86. The third kappa shape index (κ3) is 2.60. The van der Waals surface area contributed by atoms with Gasteiger partial charge < -0.3 is 9.88 Å². The lowest BCUT2D eigenvalue weighted by molar-refractivity contribution is 0.0971. The van der Waals surface area contributed by atoms with E-state index in [1.165, 1.54) is 24.1 Å². The van der Waals surface area contributed by atoms with Crippen molar-refractivity contribution in [3.8, 4) is 0 Å². The van der Waals surface area contributed by atoms with Gasteiger partial charge in [-0.25, -0.2) is 0 Å². The van der Waals surface area contributed by atoms with E-state index in [4.69, 9.17) is 0 Å². The largest absolute Gasteiger partial charge is 0.362 e. The van der Waals surface area contributed by atoms with Crippen molar-refractivity contribution < 1.29 is 4.79 Å². The summed E-state index contributed by atoms with van der Waals surface area (Å²) in [6, 6.07) is 0. The first-order valence-electron chi connectivity index (χ1n) is 6.48. The first kappa shape index (κ1) is 12.4. The van der Waals surface area contributed by atoms with Gasteiger partial charge in [-0.05, 0) is 52.3 Å². The Morgan fingerprint density at radius 2 is 2.00 bits per heavy atom. The molecule has 2 rings (SSSR count). The number of hydrogen-bond acceptors (Lipinski definition) is 2. The summed E-state index contributed by atoms with van der Waals surface area (Å²) >= 11 is 0. The summed E-state index contributed by atoms with van der Waals surface area (Å²) in [5.41, 5.74) is 4.67. The van der Waals surface area contributed by atoms with Gasteiger partial charge in [-0.1, -0.05) is 0 Å². The van der Waals surface area contributed by atoms with Crippen molar-refractivity contribution in [2.24, 2.45) is 0 Å². The molecule has 0 bridgehead atoms. The van der Waals surface area contributed by atoms with Crippen LogP contribution in [-0.2, 0) is 12.8 Å². The number of aryl methyl sites for hydroxylation is 2. The lowest BCUT2D eigenvalue weighted by atomic mass is 9.92. The second-order valence-electron chi connectivity index (χ2n) is 5.27. The highest BCUT2D eigenvalue weighted by molar-refractivity contribution is 5.99. The molecule has 17 heavy (non-hydrogen) atoms. The number of aromatic nitrogens is 1. The zero-order valence-corrected chi connectivity index (χ0v) is 11.1. The Labute approximate surface area is 103 Å². The maximum atomic E-state index is 12.3. The fourth-order valence-electron chi connectivity index (χ4n) is 2.66. The predicted octanol–water partition coefficient (Wildman–Crippen LogP) is 2.34. The number of nitrogens with one attached hydrogen (secondary N) is 1. The van der Waals surface area contributed by atoms with Crippen molar-refractivity contribution in [3.63, 3.8) is 0 Å². The number of aromatic amines is 1. The van der Waals surface area contributed by atoms with Crippen LogP contribution in [0.3, 0.4) is 0 Å². The molecule has 0 aromatic carbocycles. The van der Waals surface area contributed by atoms with Gasteiger partial charge in [-0.15, -0.1) is 0 Å². The van der Waals surface area contributed by atoms with Crippen LogP contribution in [0.4, 0.5) is 0 Å². The molecule has 0 spiro atoms. The maximum Gasteiger partial charge on any atom is 0.166 e. The topological polar surface area (TPSA) is 36.1 Å². The molecule has 0 fully saturated rings. The van der Waals surface area contributed by atoms with Crippen molar-refractivity contribution in [3.05, 3.63) is 22.5 Å². The summed E-state index contributed by atoms with van der Waals surface area (Å²) in [5.74, 6) is 0.301. The van der Waals surface area contributed by atoms with Crippen LogP contribution in [0.15, 0.2) is 0 Å². The Kier molecular flexibility index (Phi) is 3.67. The van der Waals surface area contributed by atoms with E-state index in [9.17, 15) is 4.79 Å². The molecule has 0 amide bonds. The molecule has 3 nitrogen and oxygen atoms in total. The minimum atomic E-state index is 0.301. The molecule has 0 radical (unpaired) electrons. The quantitative estimate of drug-likeness (QED) is 0.812. The van der Waals surface area contributed by atoms with E-state index in [0.29, 0.717) is 12.2 Å². The second kappa shape index (κ2) is 5.05. The number of H-pyrrole nitrogens is 1. The molecular formula is C14H22N2O. The number of fused-ring (bicyclic) bond motifs is 1. The van der Waals surface area contributed by atoms with Gasteiger partial charge in [0.05, 0.1) is 0 Å². The Hall–Kier alpha value is -1.09. The van der Waals surface area contributed by atoms with Crippen LogP contribution in [0.2, 0.25) is 0 Å². The maximum absolute atomic E-state index is 12.3. The summed E-state index contributed by atoms with van der Waals surface area (Å²) in [5, 5.41) is 0. The van der Waals surface area contributed by atoms with E-state index < -0.39 is 0 Å². The van der Waals surface area contributed by atoms with Crippen molar-refractivity contribution in [1.82, 2.24) is 9.88 Å². The molecule has 1 heterocycles. The number of Topliss-reactive ketones (excluding diaryl/α,β-unsaturated/α-hetero) is 1. The third-order valence-corrected chi connectivity index (χ3v) is 3.55. The normalized spacial score (nSPS) is 15.1. The Bertz CT molecular complexity index is 418. The molecule has 1 aromatic rings. The van der Waals surface area contributed by atoms with Crippen molar-refractivity contribution >= 4 is 5.78 Å². The Morgan fingerprint density at radius 1 is 1.29 bits per heavy atom. The van der Waals surface area contributed by atoms with Crippen LogP contribution in [0.5, 0.6) is 0 Å². The summed E-state index contributed by atoms with van der Waals surface area (Å²) < 4.78 is 0. The van der Waals surface area contributed by atoms with E-state index in [1.807, 2.05) is 21.0 Å². The Morgan fingerprint density at radius 3 is 2.71 bits per heavy atom. The first-order chi connectivity index (χ1) is 8.09. The van der Waals surface area contributed by atoms with Crippen LogP contribution in [0, 0.1) is 6.92 Å². The molecule has 0 aliphatic heterocycles. The molecule has 0 saturated heterocycles. The number of hydrogen-bond donors (Lipinski definition) is 1. The predicted molar refractivity (Wildman–Crippen MR) is 69.7 cm³/mol. The molecule has 94 valence electrons. The fourth-order valence-corrected chi connectivity index (χ4v) is 2.66.